The van der Waals surface area contributed by atoms with Crippen molar-refractivity contribution in [2.45, 2.75) is 18.7 Å². The number of aromatic nitrogens is 2. The molecule has 0 aliphatic carbocycles. The number of benzene rings is 1. The third-order valence-corrected chi connectivity index (χ3v) is 4.13. The number of hydrogen-bond acceptors (Lipinski definition) is 2. The van der Waals surface area contributed by atoms with Gasteiger partial charge in [0.15, 0.2) is 5.65 Å². The lowest BCUT2D eigenvalue weighted by molar-refractivity contribution is -0.128. The molecule has 0 unspecified atom stereocenters. The van der Waals surface area contributed by atoms with E-state index in [-0.39, 0.29) is 11.4 Å². The van der Waals surface area contributed by atoms with Crippen molar-refractivity contribution in [2.75, 3.05) is 0 Å². The first-order valence-electron chi connectivity index (χ1n) is 7.32. The molecule has 0 aliphatic rings. The van der Waals surface area contributed by atoms with E-state index < -0.39 is 18.7 Å². The Morgan fingerprint density at radius 2 is 1.88 bits per heavy atom. The van der Waals surface area contributed by atoms with E-state index in [0.29, 0.717) is 15.7 Å². The SMILES string of the molecule is O[C@H](C#Cc1nc2c(Br)cccn2c1CC(F)(F)F)c1ccccc1. The van der Waals surface area contributed by atoms with Crippen LogP contribution in [0.5, 0.6) is 0 Å². The summed E-state index contributed by atoms with van der Waals surface area (Å²) in [6.07, 6.45) is -5.15. The van der Waals surface area contributed by atoms with Crippen LogP contribution >= 0.6 is 15.9 Å². The summed E-state index contributed by atoms with van der Waals surface area (Å²) < 4.78 is 40.7. The van der Waals surface area contributed by atoms with E-state index in [1.807, 2.05) is 0 Å². The summed E-state index contributed by atoms with van der Waals surface area (Å²) in [4.78, 5) is 4.19. The Labute approximate surface area is 150 Å². The van der Waals surface area contributed by atoms with Gasteiger partial charge in [0.2, 0.25) is 0 Å². The van der Waals surface area contributed by atoms with Gasteiger partial charge in [-0.05, 0) is 39.5 Å². The minimum absolute atomic E-state index is 0.000735. The number of rotatable bonds is 2. The van der Waals surface area contributed by atoms with Crippen LogP contribution in [0.1, 0.15) is 23.1 Å². The molecule has 128 valence electrons. The lowest BCUT2D eigenvalue weighted by Crippen LogP contribution is -2.14. The molecule has 7 heteroatoms. The van der Waals surface area contributed by atoms with Crippen molar-refractivity contribution < 1.29 is 18.3 Å². The summed E-state index contributed by atoms with van der Waals surface area (Å²) in [6.45, 7) is 0. The molecule has 0 spiro atoms. The van der Waals surface area contributed by atoms with E-state index in [4.69, 9.17) is 0 Å². The summed E-state index contributed by atoms with van der Waals surface area (Å²) in [7, 11) is 0. The molecular formula is C18H12BrF3N2O. The number of aliphatic hydroxyl groups excluding tert-OH is 1. The number of nitrogens with zero attached hydrogens (tertiary/aromatic N) is 2. The lowest BCUT2D eigenvalue weighted by Gasteiger charge is -2.07. The van der Waals surface area contributed by atoms with Crippen molar-refractivity contribution in [1.82, 2.24) is 9.38 Å². The molecule has 0 bridgehead atoms. The highest BCUT2D eigenvalue weighted by Crippen LogP contribution is 2.27. The average Bonchev–Trinajstić information content (AvgIpc) is 2.91. The second-order valence-electron chi connectivity index (χ2n) is 5.33. The molecular weight excluding hydrogens is 397 g/mol. The van der Waals surface area contributed by atoms with Gasteiger partial charge < -0.3 is 9.51 Å². The van der Waals surface area contributed by atoms with Crippen molar-refractivity contribution in [3.63, 3.8) is 0 Å². The highest BCUT2D eigenvalue weighted by Gasteiger charge is 2.31. The van der Waals surface area contributed by atoms with Crippen LogP contribution in [0.3, 0.4) is 0 Å². The predicted molar refractivity (Wildman–Crippen MR) is 90.9 cm³/mol. The number of alkyl halides is 3. The van der Waals surface area contributed by atoms with Gasteiger partial charge in [-0.2, -0.15) is 13.2 Å². The third-order valence-electron chi connectivity index (χ3n) is 3.51. The number of imidazole rings is 1. The van der Waals surface area contributed by atoms with E-state index in [9.17, 15) is 18.3 Å². The molecule has 1 N–H and O–H groups in total. The number of halogens is 4. The van der Waals surface area contributed by atoms with Gasteiger partial charge in [-0.1, -0.05) is 36.3 Å². The normalized spacial score (nSPS) is 12.7. The van der Waals surface area contributed by atoms with Crippen LogP contribution in [0.25, 0.3) is 5.65 Å². The minimum atomic E-state index is -4.40. The Morgan fingerprint density at radius 3 is 2.56 bits per heavy atom. The standard InChI is InChI=1S/C18H12BrF3N2O/c19-13-7-4-10-24-15(11-18(20,21)22)14(23-17(13)24)8-9-16(25)12-5-2-1-3-6-12/h1-7,10,16,25H,11H2/t16-/m1/s1. The summed E-state index contributed by atoms with van der Waals surface area (Å²) in [5, 5.41) is 10.1. The molecule has 0 saturated carbocycles. The van der Waals surface area contributed by atoms with Gasteiger partial charge in [-0.3, -0.25) is 0 Å². The molecule has 3 nitrogen and oxygen atoms in total. The molecule has 3 aromatic rings. The van der Waals surface area contributed by atoms with E-state index in [2.05, 4.69) is 32.8 Å². The van der Waals surface area contributed by atoms with Crippen LogP contribution in [0.2, 0.25) is 0 Å². The maximum Gasteiger partial charge on any atom is 0.394 e. The van der Waals surface area contributed by atoms with Gasteiger partial charge in [0.25, 0.3) is 0 Å². The lowest BCUT2D eigenvalue weighted by atomic mass is 10.1. The quantitative estimate of drug-likeness (QED) is 0.642. The van der Waals surface area contributed by atoms with Crippen molar-refractivity contribution >= 4 is 21.6 Å². The van der Waals surface area contributed by atoms with Crippen LogP contribution in [0, 0.1) is 11.8 Å². The zero-order chi connectivity index (χ0) is 18.0. The van der Waals surface area contributed by atoms with E-state index in [1.165, 1.54) is 10.6 Å². The van der Waals surface area contributed by atoms with Crippen LogP contribution < -0.4 is 0 Å². The Balaban J connectivity index is 2.05. The monoisotopic (exact) mass is 408 g/mol. The molecule has 1 aromatic carbocycles. The average molecular weight is 409 g/mol. The second-order valence-corrected chi connectivity index (χ2v) is 6.19. The fourth-order valence-electron chi connectivity index (χ4n) is 2.40. The maximum atomic E-state index is 12.9. The molecule has 1 atom stereocenters. The van der Waals surface area contributed by atoms with E-state index in [1.54, 1.807) is 42.5 Å². The zero-order valence-electron chi connectivity index (χ0n) is 12.8. The molecule has 2 heterocycles. The highest BCUT2D eigenvalue weighted by atomic mass is 79.9. The summed E-state index contributed by atoms with van der Waals surface area (Å²) in [5.74, 6) is 5.17. The molecule has 3 rings (SSSR count). The number of fused-ring (bicyclic) bond motifs is 1. The molecule has 0 aliphatic heterocycles. The van der Waals surface area contributed by atoms with Crippen LogP contribution in [0.4, 0.5) is 13.2 Å². The zero-order valence-corrected chi connectivity index (χ0v) is 14.3. The van der Waals surface area contributed by atoms with Gasteiger partial charge >= 0.3 is 6.18 Å². The second kappa shape index (κ2) is 6.90. The van der Waals surface area contributed by atoms with Crippen molar-refractivity contribution in [1.29, 1.82) is 0 Å². The first kappa shape index (κ1) is 17.5. The Morgan fingerprint density at radius 1 is 1.16 bits per heavy atom. The first-order valence-corrected chi connectivity index (χ1v) is 8.11. The fourth-order valence-corrected chi connectivity index (χ4v) is 2.83. The molecule has 2 aromatic heterocycles. The van der Waals surface area contributed by atoms with Crippen LogP contribution in [0.15, 0.2) is 53.1 Å². The summed E-state index contributed by atoms with van der Waals surface area (Å²) in [6, 6.07) is 12.0. The highest BCUT2D eigenvalue weighted by molar-refractivity contribution is 9.10. The largest absolute Gasteiger partial charge is 0.394 e. The molecule has 0 radical (unpaired) electrons. The van der Waals surface area contributed by atoms with Crippen molar-refractivity contribution in [2.24, 2.45) is 0 Å². The predicted octanol–water partition coefficient (Wildman–Crippen LogP) is 4.29. The Kier molecular flexibility index (Phi) is 4.84. The number of hydrogen-bond donors (Lipinski definition) is 1. The smallest absolute Gasteiger partial charge is 0.376 e. The first-order chi connectivity index (χ1) is 11.8. The fraction of sp³-hybridized carbons (Fsp3) is 0.167. The third kappa shape index (κ3) is 4.03. The summed E-state index contributed by atoms with van der Waals surface area (Å²) >= 11 is 3.28. The van der Waals surface area contributed by atoms with E-state index >= 15 is 0 Å². The van der Waals surface area contributed by atoms with Gasteiger partial charge in [-0.25, -0.2) is 4.98 Å². The van der Waals surface area contributed by atoms with Crippen molar-refractivity contribution in [3.8, 4) is 11.8 Å². The van der Waals surface area contributed by atoms with Crippen LogP contribution in [-0.4, -0.2) is 20.7 Å². The van der Waals surface area contributed by atoms with E-state index in [0.717, 1.165) is 0 Å². The Hall–Kier alpha value is -2.30. The minimum Gasteiger partial charge on any atom is -0.376 e. The van der Waals surface area contributed by atoms with Crippen molar-refractivity contribution in [3.05, 3.63) is 70.1 Å². The number of aliphatic hydroxyl groups is 1. The number of pyridine rings is 1. The maximum absolute atomic E-state index is 12.9. The molecule has 0 fully saturated rings. The molecule has 0 saturated heterocycles. The van der Waals surface area contributed by atoms with Gasteiger partial charge in [0, 0.05) is 6.20 Å². The molecule has 0 amide bonds. The van der Waals surface area contributed by atoms with Gasteiger partial charge in [-0.15, -0.1) is 0 Å². The van der Waals surface area contributed by atoms with Gasteiger partial charge in [0.05, 0.1) is 16.6 Å². The van der Waals surface area contributed by atoms with Gasteiger partial charge in [0.1, 0.15) is 11.8 Å². The summed E-state index contributed by atoms with van der Waals surface area (Å²) in [5.41, 5.74) is 0.855. The Bertz CT molecular complexity index is 955. The molecule has 25 heavy (non-hydrogen) atoms. The topological polar surface area (TPSA) is 37.5 Å². The van der Waals surface area contributed by atoms with Crippen LogP contribution in [-0.2, 0) is 6.42 Å².